The molecule has 0 saturated heterocycles. The molecule has 0 unspecified atom stereocenters. The summed E-state index contributed by atoms with van der Waals surface area (Å²) in [5.74, 6) is 1.83. The molecule has 0 amide bonds. The summed E-state index contributed by atoms with van der Waals surface area (Å²) in [7, 11) is 0. The molecule has 0 spiro atoms. The van der Waals surface area contributed by atoms with Gasteiger partial charge < -0.3 is 4.57 Å². The quantitative estimate of drug-likeness (QED) is 0.558. The number of hydrogen-bond acceptors (Lipinski definition) is 2. The van der Waals surface area contributed by atoms with Crippen LogP contribution in [0.1, 0.15) is 43.2 Å². The highest BCUT2D eigenvalue weighted by atomic mass is 79.9. The zero-order valence-electron chi connectivity index (χ0n) is 14.0. The second-order valence-electron chi connectivity index (χ2n) is 7.25. The molecule has 126 valence electrons. The summed E-state index contributed by atoms with van der Waals surface area (Å²) in [5.41, 5.74) is 3.69. The van der Waals surface area contributed by atoms with Crippen molar-refractivity contribution in [1.82, 2.24) is 14.5 Å². The predicted molar refractivity (Wildman–Crippen MR) is 102 cm³/mol. The lowest BCUT2D eigenvalue weighted by molar-refractivity contribution is 0.331. The summed E-state index contributed by atoms with van der Waals surface area (Å²) in [4.78, 5) is 9.24. The van der Waals surface area contributed by atoms with E-state index in [9.17, 15) is 0 Å². The number of imidazole rings is 1. The molecular formula is C21H20BrN3. The monoisotopic (exact) mass is 393 g/mol. The first-order valence-corrected chi connectivity index (χ1v) is 9.84. The predicted octanol–water partition coefficient (Wildman–Crippen LogP) is 5.39. The lowest BCUT2D eigenvalue weighted by atomic mass is 9.76. The Hall–Kier alpha value is -1.94. The van der Waals surface area contributed by atoms with E-state index in [-0.39, 0.29) is 5.54 Å². The van der Waals surface area contributed by atoms with Crippen LogP contribution in [0.15, 0.2) is 59.6 Å². The SMILES string of the molecule is Brc1ccc([C@]2(CC3CCCC3)c3ccccc3-c3nccn32)cn1. The molecule has 5 rings (SSSR count). The summed E-state index contributed by atoms with van der Waals surface area (Å²) >= 11 is 3.49. The Labute approximate surface area is 156 Å². The summed E-state index contributed by atoms with van der Waals surface area (Å²) in [6.07, 6.45) is 12.6. The van der Waals surface area contributed by atoms with Crippen molar-refractivity contribution in [3.8, 4) is 11.4 Å². The molecule has 3 aromatic rings. The summed E-state index contributed by atoms with van der Waals surface area (Å²) in [5, 5.41) is 0. The highest BCUT2D eigenvalue weighted by Gasteiger charge is 2.46. The number of halogens is 1. The average Bonchev–Trinajstić information content (AvgIpc) is 3.36. The molecule has 25 heavy (non-hydrogen) atoms. The van der Waals surface area contributed by atoms with E-state index in [1.165, 1.54) is 42.4 Å². The number of pyridine rings is 1. The molecule has 3 nitrogen and oxygen atoms in total. The largest absolute Gasteiger partial charge is 0.317 e. The molecule has 1 atom stereocenters. The zero-order chi connectivity index (χ0) is 16.9. The molecule has 1 saturated carbocycles. The Kier molecular flexibility index (Phi) is 3.56. The summed E-state index contributed by atoms with van der Waals surface area (Å²) in [6.45, 7) is 0. The van der Waals surface area contributed by atoms with Gasteiger partial charge >= 0.3 is 0 Å². The maximum atomic E-state index is 4.68. The lowest BCUT2D eigenvalue weighted by Crippen LogP contribution is -2.35. The van der Waals surface area contributed by atoms with Crippen LogP contribution >= 0.6 is 15.9 Å². The van der Waals surface area contributed by atoms with Crippen LogP contribution < -0.4 is 0 Å². The third-order valence-corrected chi connectivity index (χ3v) is 6.40. The van der Waals surface area contributed by atoms with Crippen LogP contribution in [0.3, 0.4) is 0 Å². The normalized spacial score (nSPS) is 22.1. The van der Waals surface area contributed by atoms with E-state index in [0.29, 0.717) is 0 Å². The maximum absolute atomic E-state index is 4.68. The second-order valence-corrected chi connectivity index (χ2v) is 8.06. The van der Waals surface area contributed by atoms with E-state index in [2.05, 4.69) is 73.1 Å². The van der Waals surface area contributed by atoms with Crippen molar-refractivity contribution in [2.45, 2.75) is 37.6 Å². The number of fused-ring (bicyclic) bond motifs is 3. The van der Waals surface area contributed by atoms with Gasteiger partial charge in [-0.2, -0.15) is 0 Å². The molecule has 3 heterocycles. The highest BCUT2D eigenvalue weighted by Crippen LogP contribution is 2.51. The molecule has 0 radical (unpaired) electrons. The van der Waals surface area contributed by atoms with Crippen molar-refractivity contribution in [1.29, 1.82) is 0 Å². The van der Waals surface area contributed by atoms with Crippen LogP contribution in [0.5, 0.6) is 0 Å². The number of rotatable bonds is 3. The van der Waals surface area contributed by atoms with Crippen molar-refractivity contribution < 1.29 is 0 Å². The topological polar surface area (TPSA) is 30.7 Å². The molecule has 0 bridgehead atoms. The van der Waals surface area contributed by atoms with Gasteiger partial charge in [0.2, 0.25) is 0 Å². The van der Waals surface area contributed by atoms with Gasteiger partial charge in [0.05, 0.1) is 5.54 Å². The van der Waals surface area contributed by atoms with Gasteiger partial charge in [-0.1, -0.05) is 56.0 Å². The first kappa shape index (κ1) is 15.3. The Bertz CT molecular complexity index is 909. The van der Waals surface area contributed by atoms with Crippen LogP contribution in [0, 0.1) is 5.92 Å². The van der Waals surface area contributed by atoms with Gasteiger partial charge in [0.15, 0.2) is 0 Å². The number of hydrogen-bond donors (Lipinski definition) is 0. The minimum atomic E-state index is -0.189. The Balaban J connectivity index is 1.77. The average molecular weight is 394 g/mol. The Morgan fingerprint density at radius 3 is 2.72 bits per heavy atom. The molecule has 2 aromatic heterocycles. The van der Waals surface area contributed by atoms with Gasteiger partial charge in [-0.15, -0.1) is 0 Å². The third kappa shape index (κ3) is 2.23. The number of nitrogens with zero attached hydrogens (tertiary/aromatic N) is 3. The maximum Gasteiger partial charge on any atom is 0.141 e. The zero-order valence-corrected chi connectivity index (χ0v) is 15.6. The molecule has 1 aliphatic carbocycles. The van der Waals surface area contributed by atoms with Crippen molar-refractivity contribution in [2.24, 2.45) is 5.92 Å². The molecular weight excluding hydrogens is 374 g/mol. The van der Waals surface area contributed by atoms with Gasteiger partial charge in [0.1, 0.15) is 10.4 Å². The van der Waals surface area contributed by atoms with Crippen LogP contribution in [-0.2, 0) is 5.54 Å². The van der Waals surface area contributed by atoms with E-state index in [1.807, 2.05) is 12.4 Å². The first-order chi connectivity index (χ1) is 12.3. The van der Waals surface area contributed by atoms with E-state index in [0.717, 1.165) is 22.8 Å². The van der Waals surface area contributed by atoms with E-state index in [4.69, 9.17) is 0 Å². The molecule has 0 N–H and O–H groups in total. The van der Waals surface area contributed by atoms with E-state index in [1.54, 1.807) is 0 Å². The van der Waals surface area contributed by atoms with Crippen molar-refractivity contribution in [3.05, 3.63) is 70.7 Å². The van der Waals surface area contributed by atoms with Crippen LogP contribution in [-0.4, -0.2) is 14.5 Å². The van der Waals surface area contributed by atoms with Crippen molar-refractivity contribution in [3.63, 3.8) is 0 Å². The molecule has 4 heteroatoms. The van der Waals surface area contributed by atoms with Gasteiger partial charge in [0.25, 0.3) is 0 Å². The van der Waals surface area contributed by atoms with E-state index >= 15 is 0 Å². The highest BCUT2D eigenvalue weighted by molar-refractivity contribution is 9.10. The summed E-state index contributed by atoms with van der Waals surface area (Å²) < 4.78 is 3.27. The third-order valence-electron chi connectivity index (χ3n) is 5.93. The van der Waals surface area contributed by atoms with Gasteiger partial charge in [-0.05, 0) is 39.9 Å². The summed E-state index contributed by atoms with van der Waals surface area (Å²) in [6, 6.07) is 13.0. The molecule has 1 aromatic carbocycles. The number of aromatic nitrogens is 3. The van der Waals surface area contributed by atoms with Crippen molar-refractivity contribution in [2.75, 3.05) is 0 Å². The number of benzene rings is 1. The Morgan fingerprint density at radius 2 is 1.92 bits per heavy atom. The Morgan fingerprint density at radius 1 is 1.08 bits per heavy atom. The minimum absolute atomic E-state index is 0.189. The van der Waals surface area contributed by atoms with E-state index < -0.39 is 0 Å². The van der Waals surface area contributed by atoms with Crippen LogP contribution in [0.25, 0.3) is 11.4 Å². The van der Waals surface area contributed by atoms with Crippen LogP contribution in [0.2, 0.25) is 0 Å². The fraction of sp³-hybridized carbons (Fsp3) is 0.333. The minimum Gasteiger partial charge on any atom is -0.317 e. The molecule has 1 aliphatic heterocycles. The fourth-order valence-electron chi connectivity index (χ4n) is 4.85. The lowest BCUT2D eigenvalue weighted by Gasteiger charge is -2.35. The van der Waals surface area contributed by atoms with Crippen molar-refractivity contribution >= 4 is 15.9 Å². The standard InChI is InChI=1S/C21H20BrN3/c22-19-10-9-16(14-24-19)21(13-15-5-1-2-6-15)18-8-4-3-7-17(18)20-23-11-12-25(20)21/h3-4,7-12,14-15H,1-2,5-6,13H2/t21-/m1/s1. The first-order valence-electron chi connectivity index (χ1n) is 9.05. The second kappa shape index (κ2) is 5.80. The van der Waals surface area contributed by atoms with Gasteiger partial charge in [0, 0.05) is 29.7 Å². The van der Waals surface area contributed by atoms with Crippen LogP contribution in [0.4, 0.5) is 0 Å². The smallest absolute Gasteiger partial charge is 0.141 e. The van der Waals surface area contributed by atoms with Gasteiger partial charge in [-0.25, -0.2) is 9.97 Å². The molecule has 2 aliphatic rings. The van der Waals surface area contributed by atoms with Gasteiger partial charge in [-0.3, -0.25) is 0 Å². The fourth-order valence-corrected chi connectivity index (χ4v) is 5.09. The molecule has 1 fully saturated rings.